The van der Waals surface area contributed by atoms with Crippen LogP contribution in [0.3, 0.4) is 0 Å². The predicted molar refractivity (Wildman–Crippen MR) is 59.4 cm³/mol. The molecule has 1 aromatic heterocycles. The van der Waals surface area contributed by atoms with Crippen molar-refractivity contribution >= 4 is 5.82 Å². The van der Waals surface area contributed by atoms with Crippen LogP contribution in [-0.4, -0.2) is 23.1 Å². The Balaban J connectivity index is 2.84. The van der Waals surface area contributed by atoms with Crippen molar-refractivity contribution in [1.82, 2.24) is 9.97 Å². The van der Waals surface area contributed by atoms with E-state index in [2.05, 4.69) is 22.2 Å². The molecule has 0 aliphatic heterocycles. The average molecular weight is 211 g/mol. The van der Waals surface area contributed by atoms with E-state index in [4.69, 9.17) is 4.74 Å². The van der Waals surface area contributed by atoms with Gasteiger partial charge in [0.25, 0.3) is 5.56 Å². The second kappa shape index (κ2) is 5.38. The van der Waals surface area contributed by atoms with Gasteiger partial charge in [-0.05, 0) is 13.3 Å². The molecule has 1 rings (SSSR count). The van der Waals surface area contributed by atoms with Crippen molar-refractivity contribution in [2.75, 3.05) is 12.4 Å². The maximum Gasteiger partial charge on any atom is 0.295 e. The molecule has 1 unspecified atom stereocenters. The molecule has 0 fully saturated rings. The van der Waals surface area contributed by atoms with Gasteiger partial charge < -0.3 is 15.0 Å². The minimum atomic E-state index is -0.265. The van der Waals surface area contributed by atoms with E-state index in [1.54, 1.807) is 0 Å². The molecule has 1 heterocycles. The number of aromatic nitrogens is 2. The largest absolute Gasteiger partial charge is 0.489 e. The summed E-state index contributed by atoms with van der Waals surface area (Å²) in [4.78, 5) is 17.9. The molecule has 0 aromatic carbocycles. The lowest BCUT2D eigenvalue weighted by atomic mass is 10.2. The number of hydrogen-bond acceptors (Lipinski definition) is 4. The Bertz CT molecular complexity index is 362. The molecule has 1 atom stereocenters. The van der Waals surface area contributed by atoms with Crippen molar-refractivity contribution in [3.8, 4) is 5.75 Å². The van der Waals surface area contributed by atoms with E-state index in [9.17, 15) is 4.79 Å². The van der Waals surface area contributed by atoms with Gasteiger partial charge in [0.15, 0.2) is 5.82 Å². The third-order valence-electron chi connectivity index (χ3n) is 2.12. The zero-order chi connectivity index (χ0) is 11.3. The summed E-state index contributed by atoms with van der Waals surface area (Å²) in [6.45, 7) is 4.16. The van der Waals surface area contributed by atoms with Gasteiger partial charge in [0, 0.05) is 6.04 Å². The van der Waals surface area contributed by atoms with Gasteiger partial charge in [0.2, 0.25) is 5.75 Å². The topological polar surface area (TPSA) is 67.0 Å². The standard InChI is InChI=1S/C10H17N3O2/c1-4-5-7(2)13-9-8(15-3)10(14)12-6-11-9/h6-7H,4-5H2,1-3H3,(H2,11,12,13,14). The summed E-state index contributed by atoms with van der Waals surface area (Å²) in [7, 11) is 1.46. The van der Waals surface area contributed by atoms with Crippen LogP contribution in [0, 0.1) is 0 Å². The summed E-state index contributed by atoms with van der Waals surface area (Å²) in [5, 5.41) is 3.15. The van der Waals surface area contributed by atoms with Crippen LogP contribution >= 0.6 is 0 Å². The maximum absolute atomic E-state index is 11.3. The normalized spacial score (nSPS) is 12.2. The minimum absolute atomic E-state index is 0.237. The van der Waals surface area contributed by atoms with Gasteiger partial charge in [-0.15, -0.1) is 0 Å². The summed E-state index contributed by atoms with van der Waals surface area (Å²) < 4.78 is 4.99. The Labute approximate surface area is 88.9 Å². The van der Waals surface area contributed by atoms with Crippen LogP contribution in [0.4, 0.5) is 5.82 Å². The first-order valence-electron chi connectivity index (χ1n) is 5.07. The van der Waals surface area contributed by atoms with Crippen LogP contribution in [0.2, 0.25) is 0 Å². The zero-order valence-electron chi connectivity index (χ0n) is 9.33. The first-order valence-corrected chi connectivity index (χ1v) is 5.07. The summed E-state index contributed by atoms with van der Waals surface area (Å²) in [6, 6.07) is 0.276. The number of aromatic amines is 1. The highest BCUT2D eigenvalue weighted by molar-refractivity contribution is 5.48. The van der Waals surface area contributed by atoms with Crippen molar-refractivity contribution in [2.45, 2.75) is 32.7 Å². The van der Waals surface area contributed by atoms with E-state index in [0.717, 1.165) is 12.8 Å². The van der Waals surface area contributed by atoms with Crippen LogP contribution in [-0.2, 0) is 0 Å². The number of methoxy groups -OCH3 is 1. The number of nitrogens with one attached hydrogen (secondary N) is 2. The Morgan fingerprint density at radius 2 is 2.40 bits per heavy atom. The van der Waals surface area contributed by atoms with Gasteiger partial charge in [-0.3, -0.25) is 4.79 Å². The molecule has 0 amide bonds. The summed E-state index contributed by atoms with van der Waals surface area (Å²) in [5.74, 6) is 0.739. The smallest absolute Gasteiger partial charge is 0.295 e. The lowest BCUT2D eigenvalue weighted by molar-refractivity contribution is 0.407. The maximum atomic E-state index is 11.3. The molecule has 0 radical (unpaired) electrons. The number of anilines is 1. The van der Waals surface area contributed by atoms with Gasteiger partial charge in [-0.1, -0.05) is 13.3 Å². The monoisotopic (exact) mass is 211 g/mol. The lowest BCUT2D eigenvalue weighted by Gasteiger charge is -2.14. The van der Waals surface area contributed by atoms with Crippen LogP contribution in [0.5, 0.6) is 5.75 Å². The molecular weight excluding hydrogens is 194 g/mol. The molecular formula is C10H17N3O2. The molecule has 0 saturated heterocycles. The van der Waals surface area contributed by atoms with Gasteiger partial charge in [-0.2, -0.15) is 0 Å². The zero-order valence-corrected chi connectivity index (χ0v) is 9.33. The van der Waals surface area contributed by atoms with Crippen molar-refractivity contribution in [3.63, 3.8) is 0 Å². The van der Waals surface area contributed by atoms with Crippen LogP contribution in [0.25, 0.3) is 0 Å². The van der Waals surface area contributed by atoms with E-state index in [-0.39, 0.29) is 17.4 Å². The predicted octanol–water partition coefficient (Wildman–Crippen LogP) is 1.38. The van der Waals surface area contributed by atoms with Gasteiger partial charge in [-0.25, -0.2) is 4.98 Å². The summed E-state index contributed by atoms with van der Waals surface area (Å²) in [6.07, 6.45) is 3.48. The first kappa shape index (κ1) is 11.6. The minimum Gasteiger partial charge on any atom is -0.489 e. The highest BCUT2D eigenvalue weighted by Crippen LogP contribution is 2.16. The summed E-state index contributed by atoms with van der Waals surface area (Å²) in [5.41, 5.74) is -0.265. The highest BCUT2D eigenvalue weighted by atomic mass is 16.5. The molecule has 2 N–H and O–H groups in total. The molecule has 0 aliphatic rings. The van der Waals surface area contributed by atoms with Crippen molar-refractivity contribution in [2.24, 2.45) is 0 Å². The lowest BCUT2D eigenvalue weighted by Crippen LogP contribution is -2.20. The van der Waals surface area contributed by atoms with Crippen LogP contribution in [0.1, 0.15) is 26.7 Å². The Hall–Kier alpha value is -1.52. The Morgan fingerprint density at radius 3 is 3.00 bits per heavy atom. The van der Waals surface area contributed by atoms with Crippen molar-refractivity contribution < 1.29 is 4.74 Å². The van der Waals surface area contributed by atoms with Crippen LogP contribution < -0.4 is 15.6 Å². The van der Waals surface area contributed by atoms with Gasteiger partial charge in [0.05, 0.1) is 13.4 Å². The second-order valence-corrected chi connectivity index (χ2v) is 3.45. The molecule has 5 heteroatoms. The number of hydrogen-bond donors (Lipinski definition) is 2. The van der Waals surface area contributed by atoms with E-state index < -0.39 is 0 Å². The Kier molecular flexibility index (Phi) is 4.15. The number of ether oxygens (including phenoxy) is 1. The van der Waals surface area contributed by atoms with E-state index in [1.165, 1.54) is 13.4 Å². The molecule has 0 bridgehead atoms. The highest BCUT2D eigenvalue weighted by Gasteiger charge is 2.10. The van der Waals surface area contributed by atoms with E-state index in [1.807, 2.05) is 6.92 Å². The number of nitrogens with zero attached hydrogens (tertiary/aromatic N) is 1. The second-order valence-electron chi connectivity index (χ2n) is 3.45. The van der Waals surface area contributed by atoms with E-state index in [0.29, 0.717) is 5.82 Å². The third-order valence-corrected chi connectivity index (χ3v) is 2.12. The molecule has 5 nitrogen and oxygen atoms in total. The Morgan fingerprint density at radius 1 is 1.67 bits per heavy atom. The summed E-state index contributed by atoms with van der Waals surface area (Å²) >= 11 is 0. The quantitative estimate of drug-likeness (QED) is 0.772. The van der Waals surface area contributed by atoms with Gasteiger partial charge in [0.1, 0.15) is 0 Å². The molecule has 0 saturated carbocycles. The molecule has 0 spiro atoms. The first-order chi connectivity index (χ1) is 7.19. The van der Waals surface area contributed by atoms with Crippen molar-refractivity contribution in [3.05, 3.63) is 16.7 Å². The molecule has 0 aliphatic carbocycles. The van der Waals surface area contributed by atoms with Crippen molar-refractivity contribution in [1.29, 1.82) is 0 Å². The van der Waals surface area contributed by atoms with Crippen LogP contribution in [0.15, 0.2) is 11.1 Å². The number of rotatable bonds is 5. The molecule has 84 valence electrons. The number of H-pyrrole nitrogens is 1. The third kappa shape index (κ3) is 2.97. The average Bonchev–Trinajstić information content (AvgIpc) is 2.18. The SMILES string of the molecule is CCCC(C)Nc1nc[nH]c(=O)c1OC. The fourth-order valence-electron chi connectivity index (χ4n) is 1.42. The fraction of sp³-hybridized carbons (Fsp3) is 0.600. The molecule has 1 aromatic rings. The fourth-order valence-corrected chi connectivity index (χ4v) is 1.42. The molecule has 15 heavy (non-hydrogen) atoms. The van der Waals surface area contributed by atoms with Gasteiger partial charge >= 0.3 is 0 Å². The van der Waals surface area contributed by atoms with E-state index >= 15 is 0 Å².